The van der Waals surface area contributed by atoms with Crippen LogP contribution in [0.1, 0.15) is 0 Å². The van der Waals surface area contributed by atoms with E-state index in [9.17, 15) is 4.79 Å². The lowest BCUT2D eigenvalue weighted by Crippen LogP contribution is -2.12. The van der Waals surface area contributed by atoms with E-state index in [0.717, 1.165) is 32.3 Å². The van der Waals surface area contributed by atoms with Crippen LogP contribution < -0.4 is 9.47 Å². The van der Waals surface area contributed by atoms with Gasteiger partial charge in [0, 0.05) is 6.08 Å². The molecule has 0 fully saturated rings. The summed E-state index contributed by atoms with van der Waals surface area (Å²) in [4.78, 5) is 14.8. The molecule has 122 valence electrons. The number of esters is 1. The fraction of sp³-hybridized carbons (Fsp3) is 0. The number of fused-ring (bicyclic) bond motifs is 2. The van der Waals surface area contributed by atoms with Crippen molar-refractivity contribution in [3.8, 4) is 17.2 Å². The average molecular weight is 347 g/mol. The third kappa shape index (κ3) is 2.92. The van der Waals surface area contributed by atoms with Crippen LogP contribution in [0.2, 0.25) is 0 Å². The second-order valence-electron chi connectivity index (χ2n) is 5.40. The van der Waals surface area contributed by atoms with Gasteiger partial charge < -0.3 is 9.47 Å². The Morgan fingerprint density at radius 3 is 2.00 bits per heavy atom. The van der Waals surface area contributed by atoms with Crippen LogP contribution in [-0.4, -0.2) is 5.97 Å². The fourth-order valence-electron chi connectivity index (χ4n) is 2.70. The standard InChI is InChI=1S/C21H15O3S/c1-2-21(22)23-15-11-13-16(14-12-15)25-19-9-5-3-7-17(19)24-18-8-4-6-10-20(18)25/h2-14H,1H2/q+1. The molecule has 0 saturated carbocycles. The first-order valence-electron chi connectivity index (χ1n) is 7.81. The smallest absolute Gasteiger partial charge is 0.335 e. The summed E-state index contributed by atoms with van der Waals surface area (Å²) in [5.74, 6) is 1.81. The third-order valence-electron chi connectivity index (χ3n) is 3.80. The van der Waals surface area contributed by atoms with E-state index in [0.29, 0.717) is 5.75 Å². The molecular formula is C21H15O3S+. The van der Waals surface area contributed by atoms with Crippen LogP contribution in [0, 0.1) is 0 Å². The number of benzene rings is 3. The molecule has 0 atom stereocenters. The molecule has 3 aromatic carbocycles. The lowest BCUT2D eigenvalue weighted by molar-refractivity contribution is -0.128. The molecule has 4 heteroatoms. The average Bonchev–Trinajstić information content (AvgIpc) is 2.66. The molecule has 3 aromatic rings. The molecule has 0 aromatic heterocycles. The minimum atomic E-state index is -0.461. The predicted octanol–water partition coefficient (Wildman–Crippen LogP) is 4.98. The second-order valence-corrected chi connectivity index (χ2v) is 7.36. The van der Waals surface area contributed by atoms with Crippen molar-refractivity contribution in [1.82, 2.24) is 0 Å². The highest BCUT2D eigenvalue weighted by Crippen LogP contribution is 2.46. The quantitative estimate of drug-likeness (QED) is 0.227. The molecule has 0 N–H and O–H groups in total. The van der Waals surface area contributed by atoms with E-state index in [1.54, 1.807) is 0 Å². The van der Waals surface area contributed by atoms with Crippen LogP contribution in [0.5, 0.6) is 17.2 Å². The zero-order chi connectivity index (χ0) is 17.2. The number of carbonyl (C=O) groups is 1. The molecule has 4 rings (SSSR count). The zero-order valence-electron chi connectivity index (χ0n) is 13.3. The topological polar surface area (TPSA) is 35.5 Å². The molecule has 0 unspecified atom stereocenters. The summed E-state index contributed by atoms with van der Waals surface area (Å²) < 4.78 is 11.2. The van der Waals surface area contributed by atoms with Gasteiger partial charge in [-0.2, -0.15) is 0 Å². The summed E-state index contributed by atoms with van der Waals surface area (Å²) >= 11 is 0. The van der Waals surface area contributed by atoms with Crippen molar-refractivity contribution in [3.05, 3.63) is 85.5 Å². The summed E-state index contributed by atoms with van der Waals surface area (Å²) in [6.45, 7) is 3.41. The lowest BCUT2D eigenvalue weighted by Gasteiger charge is -2.19. The Kier molecular flexibility index (Phi) is 4.04. The van der Waals surface area contributed by atoms with Gasteiger partial charge in [-0.3, -0.25) is 0 Å². The van der Waals surface area contributed by atoms with Crippen LogP contribution >= 0.6 is 0 Å². The van der Waals surface area contributed by atoms with E-state index in [1.807, 2.05) is 60.7 Å². The number of carbonyl (C=O) groups excluding carboxylic acids is 1. The molecule has 0 bridgehead atoms. The van der Waals surface area contributed by atoms with Crippen LogP contribution in [0.3, 0.4) is 0 Å². The van der Waals surface area contributed by atoms with Gasteiger partial charge in [-0.1, -0.05) is 30.8 Å². The van der Waals surface area contributed by atoms with E-state index in [-0.39, 0.29) is 10.9 Å². The monoisotopic (exact) mass is 347 g/mol. The second kappa shape index (κ2) is 6.49. The van der Waals surface area contributed by atoms with E-state index in [4.69, 9.17) is 9.47 Å². The molecule has 1 aliphatic rings. The normalized spacial score (nSPS) is 12.5. The summed E-state index contributed by atoms with van der Waals surface area (Å²) in [5, 5.41) is 0. The molecule has 25 heavy (non-hydrogen) atoms. The van der Waals surface area contributed by atoms with Gasteiger partial charge in [0.25, 0.3) is 0 Å². The Bertz CT molecular complexity index is 902. The summed E-state index contributed by atoms with van der Waals surface area (Å²) in [7, 11) is -0.266. The van der Waals surface area contributed by atoms with Gasteiger partial charge in [-0.25, -0.2) is 4.79 Å². The summed E-state index contributed by atoms with van der Waals surface area (Å²) in [6.07, 6.45) is 1.15. The molecule has 1 aliphatic heterocycles. The molecule has 0 saturated heterocycles. The number of para-hydroxylation sites is 2. The SMILES string of the molecule is C=CC(=O)Oc1ccc([S+]2c3ccccc3Oc3ccccc32)cc1. The van der Waals surface area contributed by atoms with Crippen molar-refractivity contribution in [2.24, 2.45) is 0 Å². The largest absolute Gasteiger partial charge is 0.447 e. The van der Waals surface area contributed by atoms with Crippen molar-refractivity contribution in [2.75, 3.05) is 0 Å². The number of hydrogen-bond acceptors (Lipinski definition) is 3. The predicted molar refractivity (Wildman–Crippen MR) is 97.4 cm³/mol. The van der Waals surface area contributed by atoms with Gasteiger partial charge in [0.2, 0.25) is 9.79 Å². The maximum atomic E-state index is 11.3. The first-order valence-corrected chi connectivity index (χ1v) is 9.03. The first kappa shape index (κ1) is 15.5. The minimum absolute atomic E-state index is 0.266. The number of rotatable bonds is 3. The van der Waals surface area contributed by atoms with Crippen LogP contribution in [0.15, 0.2) is 100 Å². The van der Waals surface area contributed by atoms with Crippen molar-refractivity contribution >= 4 is 16.9 Å². The molecule has 3 nitrogen and oxygen atoms in total. The first-order chi connectivity index (χ1) is 12.3. The third-order valence-corrected chi connectivity index (χ3v) is 6.10. The van der Waals surface area contributed by atoms with Crippen LogP contribution in [-0.2, 0) is 15.7 Å². The van der Waals surface area contributed by atoms with Crippen LogP contribution in [0.4, 0.5) is 0 Å². The van der Waals surface area contributed by atoms with Crippen molar-refractivity contribution in [3.63, 3.8) is 0 Å². The molecule has 0 radical (unpaired) electrons. The minimum Gasteiger partial charge on any atom is -0.447 e. The van der Waals surface area contributed by atoms with Gasteiger partial charge >= 0.3 is 5.97 Å². The van der Waals surface area contributed by atoms with Gasteiger partial charge in [0.1, 0.15) is 16.6 Å². The molecule has 0 spiro atoms. The van der Waals surface area contributed by atoms with Gasteiger partial charge in [0.15, 0.2) is 16.4 Å². The highest BCUT2D eigenvalue weighted by atomic mass is 32.2. The molecule has 0 amide bonds. The van der Waals surface area contributed by atoms with Gasteiger partial charge in [0.05, 0.1) is 0 Å². The Labute approximate surface area is 148 Å². The molecular weight excluding hydrogens is 332 g/mol. The Morgan fingerprint density at radius 2 is 1.44 bits per heavy atom. The maximum absolute atomic E-state index is 11.3. The lowest BCUT2D eigenvalue weighted by atomic mass is 10.3. The number of ether oxygens (including phenoxy) is 2. The van der Waals surface area contributed by atoms with Crippen LogP contribution in [0.25, 0.3) is 0 Å². The van der Waals surface area contributed by atoms with E-state index in [1.165, 1.54) is 0 Å². The highest BCUT2D eigenvalue weighted by Gasteiger charge is 2.38. The Morgan fingerprint density at radius 1 is 0.880 bits per heavy atom. The fourth-order valence-corrected chi connectivity index (χ4v) is 4.90. The van der Waals surface area contributed by atoms with Gasteiger partial charge in [-0.15, -0.1) is 0 Å². The summed E-state index contributed by atoms with van der Waals surface area (Å²) in [5.41, 5.74) is 0. The highest BCUT2D eigenvalue weighted by molar-refractivity contribution is 7.97. The van der Waals surface area contributed by atoms with Crippen molar-refractivity contribution < 1.29 is 14.3 Å². The van der Waals surface area contributed by atoms with E-state index < -0.39 is 5.97 Å². The summed E-state index contributed by atoms with van der Waals surface area (Å²) in [6, 6.07) is 23.8. The number of hydrogen-bond donors (Lipinski definition) is 0. The van der Waals surface area contributed by atoms with Crippen molar-refractivity contribution in [1.29, 1.82) is 0 Å². The van der Waals surface area contributed by atoms with Gasteiger partial charge in [-0.05, 0) is 48.5 Å². The molecule has 0 aliphatic carbocycles. The zero-order valence-corrected chi connectivity index (χ0v) is 14.2. The Balaban J connectivity index is 1.77. The Hall–Kier alpha value is -2.98. The van der Waals surface area contributed by atoms with E-state index >= 15 is 0 Å². The molecule has 1 heterocycles. The maximum Gasteiger partial charge on any atom is 0.335 e. The van der Waals surface area contributed by atoms with E-state index in [2.05, 4.69) is 18.7 Å². The van der Waals surface area contributed by atoms with Crippen molar-refractivity contribution in [2.45, 2.75) is 14.7 Å².